The molecular weight excluding hydrogens is 424 g/mol. The van der Waals surface area contributed by atoms with Crippen LogP contribution in [0.4, 0.5) is 0 Å². The Kier molecular flexibility index (Phi) is 6.09. The predicted octanol–water partition coefficient (Wildman–Crippen LogP) is 5.02. The highest BCUT2D eigenvalue weighted by Crippen LogP contribution is 2.38. The third-order valence-electron chi connectivity index (χ3n) is 5.40. The summed E-state index contributed by atoms with van der Waals surface area (Å²) >= 11 is 0. The van der Waals surface area contributed by atoms with Crippen molar-refractivity contribution in [2.75, 3.05) is 0 Å². The minimum absolute atomic E-state index is 0.210. The van der Waals surface area contributed by atoms with Crippen molar-refractivity contribution in [3.05, 3.63) is 119 Å². The molecule has 0 aliphatic heterocycles. The zero-order valence-corrected chi connectivity index (χ0v) is 17.8. The lowest BCUT2D eigenvalue weighted by atomic mass is 9.84. The molecule has 0 spiro atoms. The number of benzene rings is 3. The first-order chi connectivity index (χ1) is 16.6. The highest BCUT2D eigenvalue weighted by atomic mass is 16.6. The lowest BCUT2D eigenvalue weighted by Gasteiger charge is -2.39. The molecule has 0 N–H and O–H groups in total. The molecule has 0 fully saturated rings. The maximum Gasteiger partial charge on any atom is 0.193 e. The summed E-state index contributed by atoms with van der Waals surface area (Å²) in [6, 6.07) is 27.0. The molecule has 3 aromatic rings. The van der Waals surface area contributed by atoms with Gasteiger partial charge in [-0.05, 0) is 48.6 Å². The van der Waals surface area contributed by atoms with E-state index in [1.54, 1.807) is 24.3 Å². The molecule has 2 unspecified atom stereocenters. The Bertz CT molecular complexity index is 1460. The van der Waals surface area contributed by atoms with Gasteiger partial charge in [0.2, 0.25) is 0 Å². The normalized spacial score (nSPS) is 18.1. The van der Waals surface area contributed by atoms with Gasteiger partial charge in [-0.25, -0.2) is 0 Å². The minimum Gasteiger partial charge on any atom is -0.481 e. The van der Waals surface area contributed by atoms with Crippen molar-refractivity contribution in [2.24, 2.45) is 0 Å². The zero-order chi connectivity index (χ0) is 24.0. The third kappa shape index (κ3) is 4.09. The highest BCUT2D eigenvalue weighted by Gasteiger charge is 2.43. The quantitative estimate of drug-likeness (QED) is 0.550. The van der Waals surface area contributed by atoms with Gasteiger partial charge in [0.05, 0.1) is 22.3 Å². The molecule has 0 heterocycles. The lowest BCUT2D eigenvalue weighted by Crippen LogP contribution is -2.46. The van der Waals surface area contributed by atoms with E-state index in [4.69, 9.17) is 9.47 Å². The first kappa shape index (κ1) is 21.9. The fraction of sp³-hybridized carbons (Fsp3) is 0.0714. The van der Waals surface area contributed by atoms with Crippen LogP contribution in [0.15, 0.2) is 91.0 Å². The molecule has 4 rings (SSSR count). The summed E-state index contributed by atoms with van der Waals surface area (Å²) in [4.78, 5) is 0. The van der Waals surface area contributed by atoms with Crippen molar-refractivity contribution in [3.63, 3.8) is 0 Å². The molecule has 3 aromatic carbocycles. The second kappa shape index (κ2) is 9.46. The van der Waals surface area contributed by atoms with Gasteiger partial charge in [0, 0.05) is 5.56 Å². The molecule has 6 nitrogen and oxygen atoms in total. The predicted molar refractivity (Wildman–Crippen MR) is 123 cm³/mol. The molecule has 0 saturated heterocycles. The summed E-state index contributed by atoms with van der Waals surface area (Å²) in [6.07, 6.45) is 6.74. The molecular formula is C28H16N4O2. The van der Waals surface area contributed by atoms with Gasteiger partial charge in [0.1, 0.15) is 35.8 Å². The molecule has 0 amide bonds. The number of hydrogen-bond donors (Lipinski definition) is 0. The van der Waals surface area contributed by atoms with Crippen molar-refractivity contribution < 1.29 is 9.47 Å². The number of ether oxygens (including phenoxy) is 2. The standard InChI is InChI=1S/C28H16N4O2/c29-16-20-9-11-25(14-22(20)18-31)33-27-8-4-5-13-28(27,24-6-2-1-3-7-24)34-26-12-10-21(17-30)23(15-26)19-32/h1-15,27H. The van der Waals surface area contributed by atoms with Gasteiger partial charge in [-0.2, -0.15) is 21.0 Å². The molecule has 6 heteroatoms. The molecule has 1 aliphatic rings. The minimum atomic E-state index is -1.11. The van der Waals surface area contributed by atoms with E-state index in [9.17, 15) is 21.0 Å². The maximum atomic E-state index is 9.44. The highest BCUT2D eigenvalue weighted by molar-refractivity contribution is 5.51. The van der Waals surface area contributed by atoms with Crippen LogP contribution in [0.25, 0.3) is 0 Å². The Morgan fingerprint density at radius 3 is 1.85 bits per heavy atom. The maximum absolute atomic E-state index is 9.44. The summed E-state index contributed by atoms with van der Waals surface area (Å²) < 4.78 is 12.8. The van der Waals surface area contributed by atoms with E-state index < -0.39 is 11.7 Å². The number of allylic oxidation sites excluding steroid dienone is 2. The molecule has 2 atom stereocenters. The second-order valence-electron chi connectivity index (χ2n) is 7.41. The summed E-state index contributed by atoms with van der Waals surface area (Å²) in [5.41, 5.74) is 0.641. The van der Waals surface area contributed by atoms with Crippen molar-refractivity contribution >= 4 is 0 Å². The monoisotopic (exact) mass is 440 g/mol. The van der Waals surface area contributed by atoms with Crippen LogP contribution in [0.5, 0.6) is 11.5 Å². The van der Waals surface area contributed by atoms with Gasteiger partial charge < -0.3 is 9.47 Å². The Hall–Kier alpha value is -5.30. The van der Waals surface area contributed by atoms with E-state index in [1.807, 2.05) is 78.9 Å². The number of rotatable bonds is 5. The van der Waals surface area contributed by atoms with Gasteiger partial charge in [0.15, 0.2) is 11.7 Å². The van der Waals surface area contributed by atoms with E-state index >= 15 is 0 Å². The first-order valence-electron chi connectivity index (χ1n) is 10.3. The van der Waals surface area contributed by atoms with E-state index in [1.165, 1.54) is 12.1 Å². The van der Waals surface area contributed by atoms with E-state index in [2.05, 4.69) is 0 Å². The second-order valence-corrected chi connectivity index (χ2v) is 7.41. The third-order valence-corrected chi connectivity index (χ3v) is 5.40. The van der Waals surface area contributed by atoms with Crippen molar-refractivity contribution in [2.45, 2.75) is 11.7 Å². The zero-order valence-electron chi connectivity index (χ0n) is 17.8. The Labute approximate surface area is 197 Å². The van der Waals surface area contributed by atoms with Crippen LogP contribution in [-0.2, 0) is 5.60 Å². The van der Waals surface area contributed by atoms with Crippen LogP contribution in [0, 0.1) is 45.3 Å². The molecule has 1 aliphatic carbocycles. The van der Waals surface area contributed by atoms with Gasteiger partial charge in [-0.1, -0.05) is 42.5 Å². The summed E-state index contributed by atoms with van der Waals surface area (Å²) in [7, 11) is 0. The molecule has 0 bridgehead atoms. The van der Waals surface area contributed by atoms with E-state index in [-0.39, 0.29) is 22.3 Å². The fourth-order valence-electron chi connectivity index (χ4n) is 3.74. The van der Waals surface area contributed by atoms with E-state index in [0.29, 0.717) is 11.5 Å². The average Bonchev–Trinajstić information content (AvgIpc) is 2.90. The van der Waals surface area contributed by atoms with Gasteiger partial charge in [0.25, 0.3) is 0 Å². The Morgan fingerprint density at radius 2 is 1.24 bits per heavy atom. The van der Waals surface area contributed by atoms with Crippen molar-refractivity contribution in [1.82, 2.24) is 0 Å². The van der Waals surface area contributed by atoms with Crippen molar-refractivity contribution in [1.29, 1.82) is 21.0 Å². The van der Waals surface area contributed by atoms with Gasteiger partial charge >= 0.3 is 0 Å². The molecule has 0 saturated carbocycles. The largest absolute Gasteiger partial charge is 0.481 e. The smallest absolute Gasteiger partial charge is 0.193 e. The number of nitrogens with zero attached hydrogens (tertiary/aromatic N) is 4. The molecule has 34 heavy (non-hydrogen) atoms. The Morgan fingerprint density at radius 1 is 0.647 bits per heavy atom. The van der Waals surface area contributed by atoms with Crippen LogP contribution in [0.2, 0.25) is 0 Å². The van der Waals surface area contributed by atoms with Crippen LogP contribution in [-0.4, -0.2) is 6.10 Å². The van der Waals surface area contributed by atoms with Crippen LogP contribution < -0.4 is 9.47 Å². The summed E-state index contributed by atoms with van der Waals surface area (Å²) in [5, 5.41) is 37.3. The fourth-order valence-corrected chi connectivity index (χ4v) is 3.74. The lowest BCUT2D eigenvalue weighted by molar-refractivity contribution is 0.0157. The Balaban J connectivity index is 1.80. The summed E-state index contributed by atoms with van der Waals surface area (Å²) in [6.45, 7) is 0. The number of nitriles is 4. The van der Waals surface area contributed by atoms with Crippen LogP contribution in [0.1, 0.15) is 27.8 Å². The first-order valence-corrected chi connectivity index (χ1v) is 10.3. The van der Waals surface area contributed by atoms with Crippen molar-refractivity contribution in [3.8, 4) is 35.8 Å². The van der Waals surface area contributed by atoms with E-state index in [0.717, 1.165) is 5.56 Å². The molecule has 0 aromatic heterocycles. The van der Waals surface area contributed by atoms with Crippen LogP contribution >= 0.6 is 0 Å². The van der Waals surface area contributed by atoms with Gasteiger partial charge in [-0.15, -0.1) is 0 Å². The number of hydrogen-bond acceptors (Lipinski definition) is 6. The average molecular weight is 440 g/mol. The SMILES string of the molecule is N#Cc1ccc(OC2C=CC=CC2(Oc2ccc(C#N)c(C#N)c2)c2ccccc2)cc1C#N. The summed E-state index contributed by atoms with van der Waals surface area (Å²) in [5.74, 6) is 0.799. The molecule has 0 radical (unpaired) electrons. The van der Waals surface area contributed by atoms with Gasteiger partial charge in [-0.3, -0.25) is 0 Å². The topological polar surface area (TPSA) is 114 Å². The van der Waals surface area contributed by atoms with Crippen LogP contribution in [0.3, 0.4) is 0 Å². The molecule has 160 valence electrons.